The van der Waals surface area contributed by atoms with E-state index in [0.29, 0.717) is 6.04 Å². The minimum Gasteiger partial charge on any atom is -0.313 e. The minimum absolute atomic E-state index is 0.165. The van der Waals surface area contributed by atoms with Crippen molar-refractivity contribution >= 4 is 0 Å². The molecular weight excluding hydrogens is 227 g/mol. The molecule has 0 radical (unpaired) electrons. The fourth-order valence-corrected chi connectivity index (χ4v) is 2.71. The van der Waals surface area contributed by atoms with Crippen LogP contribution in [0.3, 0.4) is 0 Å². The minimum atomic E-state index is -0.165. The summed E-state index contributed by atoms with van der Waals surface area (Å²) >= 11 is 0. The van der Waals surface area contributed by atoms with Crippen LogP contribution in [0, 0.1) is 11.7 Å². The van der Waals surface area contributed by atoms with Gasteiger partial charge >= 0.3 is 0 Å². The lowest BCUT2D eigenvalue weighted by Gasteiger charge is -2.21. The van der Waals surface area contributed by atoms with Crippen LogP contribution in [0.1, 0.15) is 31.4 Å². The Morgan fingerprint density at radius 3 is 2.67 bits per heavy atom. The average Bonchev–Trinajstić information content (AvgIpc) is 2.78. The molecule has 0 saturated carbocycles. The topological polar surface area (TPSA) is 15.3 Å². The summed E-state index contributed by atoms with van der Waals surface area (Å²) < 4.78 is 12.9. The van der Waals surface area contributed by atoms with E-state index in [1.54, 1.807) is 0 Å². The normalized spacial score (nSPS) is 22.3. The number of rotatable bonds is 5. The Morgan fingerprint density at radius 2 is 2.11 bits per heavy atom. The summed E-state index contributed by atoms with van der Waals surface area (Å²) in [6.45, 7) is 5.88. The van der Waals surface area contributed by atoms with Gasteiger partial charge in [-0.2, -0.15) is 0 Å². The highest BCUT2D eigenvalue weighted by atomic mass is 19.1. The summed E-state index contributed by atoms with van der Waals surface area (Å²) in [5.41, 5.74) is 1.17. The van der Waals surface area contributed by atoms with Crippen LogP contribution < -0.4 is 5.32 Å². The molecule has 1 fully saturated rings. The second kappa shape index (κ2) is 6.30. The molecule has 1 N–H and O–H groups in total. The van der Waals surface area contributed by atoms with Crippen molar-refractivity contribution in [2.75, 3.05) is 26.7 Å². The molecule has 1 heterocycles. The molecule has 2 unspecified atom stereocenters. The molecule has 0 aliphatic carbocycles. The van der Waals surface area contributed by atoms with Gasteiger partial charge in [-0.3, -0.25) is 0 Å². The van der Waals surface area contributed by atoms with Crippen LogP contribution in [0.5, 0.6) is 0 Å². The van der Waals surface area contributed by atoms with Gasteiger partial charge in [-0.1, -0.05) is 19.1 Å². The first-order chi connectivity index (χ1) is 8.69. The Labute approximate surface area is 109 Å². The van der Waals surface area contributed by atoms with E-state index >= 15 is 0 Å². The number of hydrogen-bond donors (Lipinski definition) is 1. The third-order valence-corrected chi connectivity index (χ3v) is 3.86. The predicted molar refractivity (Wildman–Crippen MR) is 73.0 cm³/mol. The van der Waals surface area contributed by atoms with Crippen LogP contribution in [0.2, 0.25) is 0 Å². The maximum atomic E-state index is 12.9. The molecule has 1 saturated heterocycles. The molecule has 100 valence electrons. The highest BCUT2D eigenvalue weighted by Gasteiger charge is 2.19. The van der Waals surface area contributed by atoms with Gasteiger partial charge in [0.1, 0.15) is 5.82 Å². The third-order valence-electron chi connectivity index (χ3n) is 3.86. The van der Waals surface area contributed by atoms with Gasteiger partial charge in [0.25, 0.3) is 0 Å². The first kappa shape index (κ1) is 13.5. The first-order valence-electron chi connectivity index (χ1n) is 6.84. The van der Waals surface area contributed by atoms with Crippen molar-refractivity contribution in [3.63, 3.8) is 0 Å². The van der Waals surface area contributed by atoms with Crippen LogP contribution in [0.4, 0.5) is 4.39 Å². The Morgan fingerprint density at radius 1 is 1.39 bits per heavy atom. The summed E-state index contributed by atoms with van der Waals surface area (Å²) in [7, 11) is 1.97. The van der Waals surface area contributed by atoms with Gasteiger partial charge in [-0.25, -0.2) is 4.39 Å². The number of likely N-dealkylation sites (tertiary alicyclic amines) is 1. The molecule has 0 aromatic heterocycles. The molecule has 0 amide bonds. The molecular formula is C15H23FN2. The Bertz CT molecular complexity index is 363. The van der Waals surface area contributed by atoms with E-state index in [9.17, 15) is 4.39 Å². The van der Waals surface area contributed by atoms with Crippen LogP contribution >= 0.6 is 0 Å². The molecule has 2 nitrogen and oxygen atoms in total. The fourth-order valence-electron chi connectivity index (χ4n) is 2.71. The van der Waals surface area contributed by atoms with Crippen LogP contribution in [0.25, 0.3) is 0 Å². The molecule has 3 heteroatoms. The SMILES string of the molecule is CNC(CCN1CCC(C)C1)c1ccc(F)cc1. The predicted octanol–water partition coefficient (Wildman–Crippen LogP) is 2.82. The first-order valence-corrected chi connectivity index (χ1v) is 6.84. The molecule has 1 aliphatic rings. The molecule has 1 aromatic rings. The van der Waals surface area contributed by atoms with Gasteiger partial charge in [0.05, 0.1) is 0 Å². The lowest BCUT2D eigenvalue weighted by molar-refractivity contribution is 0.305. The number of halogens is 1. The molecule has 1 aromatic carbocycles. The lowest BCUT2D eigenvalue weighted by atomic mass is 10.0. The van der Waals surface area contributed by atoms with E-state index in [2.05, 4.69) is 17.1 Å². The highest BCUT2D eigenvalue weighted by Crippen LogP contribution is 2.20. The van der Waals surface area contributed by atoms with E-state index in [-0.39, 0.29) is 5.82 Å². The smallest absolute Gasteiger partial charge is 0.123 e. The summed E-state index contributed by atoms with van der Waals surface area (Å²) in [4.78, 5) is 2.53. The van der Waals surface area contributed by atoms with E-state index in [0.717, 1.165) is 18.9 Å². The summed E-state index contributed by atoms with van der Waals surface area (Å²) in [5, 5.41) is 3.32. The standard InChI is InChI=1S/C15H23FN2/c1-12-7-9-18(11-12)10-8-15(17-2)13-3-5-14(16)6-4-13/h3-6,12,15,17H,7-11H2,1-2H3. The van der Waals surface area contributed by atoms with Crippen LogP contribution in [0.15, 0.2) is 24.3 Å². The zero-order chi connectivity index (χ0) is 13.0. The van der Waals surface area contributed by atoms with Crippen molar-refractivity contribution in [1.29, 1.82) is 0 Å². The number of benzene rings is 1. The molecule has 0 spiro atoms. The average molecular weight is 250 g/mol. The van der Waals surface area contributed by atoms with E-state index in [4.69, 9.17) is 0 Å². The van der Waals surface area contributed by atoms with Gasteiger partial charge < -0.3 is 10.2 Å². The summed E-state index contributed by atoms with van der Waals surface area (Å²) in [5.74, 6) is 0.672. The second-order valence-corrected chi connectivity index (χ2v) is 5.38. The van der Waals surface area contributed by atoms with E-state index in [1.165, 1.54) is 37.2 Å². The molecule has 2 atom stereocenters. The third kappa shape index (κ3) is 3.53. The molecule has 2 rings (SSSR count). The maximum Gasteiger partial charge on any atom is 0.123 e. The molecule has 0 bridgehead atoms. The zero-order valence-corrected chi connectivity index (χ0v) is 11.3. The Hall–Kier alpha value is -0.930. The van der Waals surface area contributed by atoms with Gasteiger partial charge in [-0.15, -0.1) is 0 Å². The number of nitrogens with one attached hydrogen (secondary N) is 1. The summed E-state index contributed by atoms with van der Waals surface area (Å²) in [6.07, 6.45) is 2.40. The van der Waals surface area contributed by atoms with Crippen molar-refractivity contribution in [3.05, 3.63) is 35.6 Å². The van der Waals surface area contributed by atoms with Crippen molar-refractivity contribution in [2.24, 2.45) is 5.92 Å². The van der Waals surface area contributed by atoms with Crippen molar-refractivity contribution in [3.8, 4) is 0 Å². The van der Waals surface area contributed by atoms with Gasteiger partial charge in [-0.05, 0) is 56.6 Å². The lowest BCUT2D eigenvalue weighted by Crippen LogP contribution is -2.26. The second-order valence-electron chi connectivity index (χ2n) is 5.38. The van der Waals surface area contributed by atoms with Gasteiger partial charge in [0.15, 0.2) is 0 Å². The van der Waals surface area contributed by atoms with Crippen LogP contribution in [-0.4, -0.2) is 31.6 Å². The highest BCUT2D eigenvalue weighted by molar-refractivity contribution is 5.19. The number of nitrogens with zero attached hydrogens (tertiary/aromatic N) is 1. The monoisotopic (exact) mass is 250 g/mol. The Kier molecular flexibility index (Phi) is 4.72. The Balaban J connectivity index is 1.87. The molecule has 18 heavy (non-hydrogen) atoms. The zero-order valence-electron chi connectivity index (χ0n) is 11.3. The fraction of sp³-hybridized carbons (Fsp3) is 0.600. The number of hydrogen-bond acceptors (Lipinski definition) is 2. The largest absolute Gasteiger partial charge is 0.313 e. The van der Waals surface area contributed by atoms with E-state index in [1.807, 2.05) is 19.2 Å². The summed E-state index contributed by atoms with van der Waals surface area (Å²) in [6, 6.07) is 7.16. The van der Waals surface area contributed by atoms with Crippen molar-refractivity contribution in [1.82, 2.24) is 10.2 Å². The van der Waals surface area contributed by atoms with Crippen molar-refractivity contribution in [2.45, 2.75) is 25.8 Å². The molecule has 1 aliphatic heterocycles. The van der Waals surface area contributed by atoms with Gasteiger partial charge in [0.2, 0.25) is 0 Å². The van der Waals surface area contributed by atoms with E-state index < -0.39 is 0 Å². The van der Waals surface area contributed by atoms with Crippen LogP contribution in [-0.2, 0) is 0 Å². The maximum absolute atomic E-state index is 12.9. The quantitative estimate of drug-likeness (QED) is 0.864. The van der Waals surface area contributed by atoms with Gasteiger partial charge in [0, 0.05) is 12.6 Å². The van der Waals surface area contributed by atoms with Crippen molar-refractivity contribution < 1.29 is 4.39 Å².